The van der Waals surface area contributed by atoms with Crippen LogP contribution in [0, 0.1) is 0 Å². The predicted octanol–water partition coefficient (Wildman–Crippen LogP) is 2.20. The highest BCUT2D eigenvalue weighted by Crippen LogP contribution is 2.29. The molecule has 0 spiro atoms. The van der Waals surface area contributed by atoms with Crippen LogP contribution in [0.4, 0.5) is 0 Å². The van der Waals surface area contributed by atoms with E-state index in [4.69, 9.17) is 16.3 Å². The minimum Gasteiger partial charge on any atom is -0.356 e. The molecule has 1 aliphatic rings. The van der Waals surface area contributed by atoms with Crippen LogP contribution in [-0.2, 0) is 14.3 Å². The minimum atomic E-state index is -0.802. The van der Waals surface area contributed by atoms with E-state index in [2.05, 4.69) is 10.6 Å². The maximum absolute atomic E-state index is 12.5. The van der Waals surface area contributed by atoms with Crippen molar-refractivity contribution < 1.29 is 14.3 Å². The van der Waals surface area contributed by atoms with Crippen molar-refractivity contribution in [3.63, 3.8) is 0 Å². The first-order valence-corrected chi connectivity index (χ1v) is 7.69. The molecule has 1 heterocycles. The zero-order valence-corrected chi connectivity index (χ0v) is 13.7. The second kappa shape index (κ2) is 6.67. The molecule has 0 radical (unpaired) electrons. The van der Waals surface area contributed by atoms with E-state index in [-0.39, 0.29) is 24.0 Å². The van der Waals surface area contributed by atoms with Crippen molar-refractivity contribution in [3.05, 3.63) is 34.9 Å². The minimum absolute atomic E-state index is 0.133. The molecule has 0 bridgehead atoms. The lowest BCUT2D eigenvalue weighted by atomic mass is 9.96. The Morgan fingerprint density at radius 2 is 2.14 bits per heavy atom. The van der Waals surface area contributed by atoms with Gasteiger partial charge in [0.2, 0.25) is 5.91 Å². The third-order valence-corrected chi connectivity index (χ3v) is 4.20. The zero-order chi connectivity index (χ0) is 16.3. The first-order chi connectivity index (χ1) is 10.3. The summed E-state index contributed by atoms with van der Waals surface area (Å²) in [5, 5.41) is 6.24. The van der Waals surface area contributed by atoms with E-state index >= 15 is 0 Å². The Balaban J connectivity index is 2.26. The van der Waals surface area contributed by atoms with Crippen molar-refractivity contribution in [2.45, 2.75) is 44.9 Å². The van der Waals surface area contributed by atoms with Crippen molar-refractivity contribution in [1.82, 2.24) is 10.6 Å². The van der Waals surface area contributed by atoms with Gasteiger partial charge in [0.1, 0.15) is 6.61 Å². The number of rotatable bonds is 4. The predicted molar refractivity (Wildman–Crippen MR) is 84.6 cm³/mol. The van der Waals surface area contributed by atoms with Gasteiger partial charge in [-0.25, -0.2) is 0 Å². The number of hydrogen-bond donors (Lipinski definition) is 2. The van der Waals surface area contributed by atoms with Crippen LogP contribution in [0.1, 0.15) is 38.8 Å². The molecular weight excluding hydrogens is 304 g/mol. The third-order valence-electron chi connectivity index (χ3n) is 3.86. The number of hydrogen-bond acceptors (Lipinski definition) is 3. The molecular formula is C16H21ClN2O3. The van der Waals surface area contributed by atoms with E-state index in [1.807, 2.05) is 26.8 Å². The highest BCUT2D eigenvalue weighted by Gasteiger charge is 2.38. The van der Waals surface area contributed by atoms with E-state index in [1.165, 1.54) is 0 Å². The first-order valence-electron chi connectivity index (χ1n) is 7.31. The van der Waals surface area contributed by atoms with Crippen molar-refractivity contribution in [1.29, 1.82) is 0 Å². The number of halogens is 1. The van der Waals surface area contributed by atoms with E-state index in [0.717, 1.165) is 6.42 Å². The molecule has 22 heavy (non-hydrogen) atoms. The van der Waals surface area contributed by atoms with Crippen molar-refractivity contribution in [2.75, 3.05) is 6.61 Å². The van der Waals surface area contributed by atoms with Gasteiger partial charge in [-0.1, -0.05) is 36.7 Å². The second-order valence-corrected chi connectivity index (χ2v) is 6.43. The smallest absolute Gasteiger partial charge is 0.252 e. The normalized spacial score (nSPS) is 22.1. The standard InChI is InChI=1S/C16H21ClN2O3/c1-4-16(2,3)19-15(21)14-13(18-12(20)9-22-14)10-7-5-6-8-11(10)17/h5-8,13-14H,4,9H2,1-3H3,(H,18,20)(H,19,21)/t13-,14+/m1/s1. The maximum atomic E-state index is 12.5. The highest BCUT2D eigenvalue weighted by molar-refractivity contribution is 6.31. The summed E-state index contributed by atoms with van der Waals surface area (Å²) in [4.78, 5) is 24.2. The van der Waals surface area contributed by atoms with E-state index in [0.29, 0.717) is 10.6 Å². The van der Waals surface area contributed by atoms with Crippen LogP contribution >= 0.6 is 11.6 Å². The Labute approximate surface area is 135 Å². The second-order valence-electron chi connectivity index (χ2n) is 6.02. The van der Waals surface area contributed by atoms with Gasteiger partial charge in [0.25, 0.3) is 5.91 Å². The van der Waals surface area contributed by atoms with Crippen molar-refractivity contribution in [3.8, 4) is 0 Å². The highest BCUT2D eigenvalue weighted by atomic mass is 35.5. The largest absolute Gasteiger partial charge is 0.356 e. The van der Waals surface area contributed by atoms with Gasteiger partial charge in [-0.05, 0) is 31.9 Å². The quantitative estimate of drug-likeness (QED) is 0.892. The summed E-state index contributed by atoms with van der Waals surface area (Å²) >= 11 is 6.20. The van der Waals surface area contributed by atoms with Crippen LogP contribution in [0.15, 0.2) is 24.3 Å². The molecule has 0 aliphatic carbocycles. The lowest BCUT2D eigenvalue weighted by Crippen LogP contribution is -2.56. The molecule has 0 aromatic heterocycles. The summed E-state index contributed by atoms with van der Waals surface area (Å²) in [5.74, 6) is -0.513. The van der Waals surface area contributed by atoms with Gasteiger partial charge in [-0.2, -0.15) is 0 Å². The molecule has 1 aromatic rings. The summed E-state index contributed by atoms with van der Waals surface area (Å²) in [6, 6.07) is 6.53. The molecule has 2 amide bonds. The lowest BCUT2D eigenvalue weighted by Gasteiger charge is -2.34. The molecule has 120 valence electrons. The van der Waals surface area contributed by atoms with E-state index in [1.54, 1.807) is 18.2 Å². The topological polar surface area (TPSA) is 67.4 Å². The molecule has 1 aliphatic heterocycles. The van der Waals surface area contributed by atoms with Gasteiger partial charge in [0.05, 0.1) is 6.04 Å². The Bertz CT molecular complexity index is 574. The maximum Gasteiger partial charge on any atom is 0.252 e. The number of benzene rings is 1. The van der Waals surface area contributed by atoms with Crippen LogP contribution in [0.25, 0.3) is 0 Å². The fourth-order valence-electron chi connectivity index (χ4n) is 2.24. The molecule has 0 saturated carbocycles. The van der Waals surface area contributed by atoms with Gasteiger partial charge in [-0.15, -0.1) is 0 Å². The van der Waals surface area contributed by atoms with Crippen molar-refractivity contribution >= 4 is 23.4 Å². The first kappa shape index (κ1) is 16.8. The van der Waals surface area contributed by atoms with Crippen molar-refractivity contribution in [2.24, 2.45) is 0 Å². The Morgan fingerprint density at radius 1 is 1.45 bits per heavy atom. The molecule has 2 rings (SSSR count). The third kappa shape index (κ3) is 3.78. The van der Waals surface area contributed by atoms with Crippen LogP contribution in [0.2, 0.25) is 5.02 Å². The SMILES string of the molecule is CCC(C)(C)NC(=O)[C@H]1OCC(=O)N[C@@H]1c1ccccc1Cl. The summed E-state index contributed by atoms with van der Waals surface area (Å²) in [7, 11) is 0. The Kier molecular flexibility index (Phi) is 5.08. The number of carbonyl (C=O) groups is 2. The molecule has 6 heteroatoms. The fraction of sp³-hybridized carbons (Fsp3) is 0.500. The summed E-state index contributed by atoms with van der Waals surface area (Å²) in [5.41, 5.74) is 0.332. The van der Waals surface area contributed by atoms with Gasteiger partial charge in [0, 0.05) is 10.6 Å². The Morgan fingerprint density at radius 3 is 2.77 bits per heavy atom. The average Bonchev–Trinajstić information content (AvgIpc) is 2.47. The number of amides is 2. The number of carbonyl (C=O) groups excluding carboxylic acids is 2. The van der Waals surface area contributed by atoms with Crippen LogP contribution in [0.5, 0.6) is 0 Å². The number of ether oxygens (including phenoxy) is 1. The zero-order valence-electron chi connectivity index (χ0n) is 13.0. The Hall–Kier alpha value is -1.59. The lowest BCUT2D eigenvalue weighted by molar-refractivity contribution is -0.149. The molecule has 1 fully saturated rings. The van der Waals surface area contributed by atoms with Gasteiger partial charge < -0.3 is 15.4 Å². The number of nitrogens with one attached hydrogen (secondary N) is 2. The summed E-state index contributed by atoms with van der Waals surface area (Å²) in [6.45, 7) is 5.74. The molecule has 2 atom stereocenters. The number of morpholine rings is 1. The molecule has 2 N–H and O–H groups in total. The van der Waals surface area contributed by atoms with Gasteiger partial charge in [0.15, 0.2) is 6.10 Å². The summed E-state index contributed by atoms with van der Waals surface area (Å²) < 4.78 is 5.48. The van der Waals surface area contributed by atoms with Gasteiger partial charge >= 0.3 is 0 Å². The van der Waals surface area contributed by atoms with E-state index < -0.39 is 12.1 Å². The van der Waals surface area contributed by atoms with E-state index in [9.17, 15) is 9.59 Å². The monoisotopic (exact) mass is 324 g/mol. The molecule has 1 saturated heterocycles. The average molecular weight is 325 g/mol. The molecule has 0 unspecified atom stereocenters. The molecule has 1 aromatic carbocycles. The summed E-state index contributed by atoms with van der Waals surface area (Å²) in [6.07, 6.45) is -0.0161. The molecule has 5 nitrogen and oxygen atoms in total. The van der Waals surface area contributed by atoms with Crippen LogP contribution in [-0.4, -0.2) is 30.1 Å². The van der Waals surface area contributed by atoms with Crippen LogP contribution in [0.3, 0.4) is 0 Å². The van der Waals surface area contributed by atoms with Crippen LogP contribution < -0.4 is 10.6 Å². The van der Waals surface area contributed by atoms with Gasteiger partial charge in [-0.3, -0.25) is 9.59 Å². The fourth-order valence-corrected chi connectivity index (χ4v) is 2.49.